The van der Waals surface area contributed by atoms with Gasteiger partial charge < -0.3 is 4.52 Å². The molecule has 2 atom stereocenters. The van der Waals surface area contributed by atoms with Crippen LogP contribution >= 0.6 is 11.3 Å². The lowest BCUT2D eigenvalue weighted by atomic mass is 9.80. The minimum atomic E-state index is 0.121. The molecule has 0 amide bonds. The largest absolute Gasteiger partial charge is 0.340 e. The summed E-state index contributed by atoms with van der Waals surface area (Å²) in [5.41, 5.74) is 3.23. The number of fused-ring (bicyclic) bond motifs is 1. The maximum atomic E-state index is 5.25. The molecule has 1 aliphatic carbocycles. The lowest BCUT2D eigenvalue weighted by Gasteiger charge is -2.24. The van der Waals surface area contributed by atoms with Crippen molar-refractivity contribution in [1.82, 2.24) is 20.0 Å². The number of likely N-dealkylation sites (tertiary alicyclic amines) is 1. The van der Waals surface area contributed by atoms with E-state index < -0.39 is 0 Å². The third-order valence-electron chi connectivity index (χ3n) is 5.13. The summed E-state index contributed by atoms with van der Waals surface area (Å²) in [5.74, 6) is 2.29. The average molecular weight is 304 g/mol. The van der Waals surface area contributed by atoms with Crippen LogP contribution in [0.4, 0.5) is 0 Å². The Hall–Kier alpha value is -1.27. The Morgan fingerprint density at radius 1 is 1.48 bits per heavy atom. The third-order valence-corrected chi connectivity index (χ3v) is 6.05. The van der Waals surface area contributed by atoms with Crippen LogP contribution in [-0.4, -0.2) is 33.1 Å². The molecule has 3 heterocycles. The smallest absolute Gasteiger partial charge is 0.223 e. The zero-order valence-electron chi connectivity index (χ0n) is 12.5. The highest BCUT2D eigenvalue weighted by Gasteiger charge is 2.53. The van der Waals surface area contributed by atoms with Crippen LogP contribution in [0.5, 0.6) is 0 Å². The second-order valence-electron chi connectivity index (χ2n) is 6.41. The van der Waals surface area contributed by atoms with Gasteiger partial charge in [0.1, 0.15) is 0 Å². The molecule has 0 aromatic carbocycles. The van der Waals surface area contributed by atoms with Gasteiger partial charge in [0.2, 0.25) is 5.89 Å². The van der Waals surface area contributed by atoms with Crippen molar-refractivity contribution in [1.29, 1.82) is 0 Å². The summed E-state index contributed by atoms with van der Waals surface area (Å²) in [5, 5.41) is 4.26. The molecular formula is C15H20N4OS. The van der Waals surface area contributed by atoms with Gasteiger partial charge in [-0.15, -0.1) is 11.3 Å². The van der Waals surface area contributed by atoms with Crippen molar-refractivity contribution in [2.45, 2.75) is 45.1 Å². The first-order chi connectivity index (χ1) is 10.2. The zero-order valence-corrected chi connectivity index (χ0v) is 13.3. The van der Waals surface area contributed by atoms with Gasteiger partial charge in [-0.3, -0.25) is 4.90 Å². The molecule has 0 radical (unpaired) electrons. The lowest BCUT2D eigenvalue weighted by molar-refractivity contribution is 0.287. The topological polar surface area (TPSA) is 55.1 Å². The number of rotatable bonds is 3. The van der Waals surface area contributed by atoms with Crippen LogP contribution in [0.15, 0.2) is 10.0 Å². The van der Waals surface area contributed by atoms with Crippen LogP contribution in [0, 0.1) is 19.8 Å². The second-order valence-corrected chi connectivity index (χ2v) is 7.35. The zero-order chi connectivity index (χ0) is 14.4. The van der Waals surface area contributed by atoms with E-state index in [1.807, 2.05) is 12.4 Å². The fourth-order valence-electron chi connectivity index (χ4n) is 4.06. The Morgan fingerprint density at radius 2 is 2.38 bits per heavy atom. The molecule has 2 aromatic heterocycles. The van der Waals surface area contributed by atoms with Gasteiger partial charge in [0.05, 0.1) is 16.6 Å². The summed E-state index contributed by atoms with van der Waals surface area (Å²) in [7, 11) is 0. The van der Waals surface area contributed by atoms with E-state index in [4.69, 9.17) is 4.52 Å². The maximum Gasteiger partial charge on any atom is 0.223 e. The molecule has 0 unspecified atom stereocenters. The monoisotopic (exact) mass is 304 g/mol. The summed E-state index contributed by atoms with van der Waals surface area (Å²) < 4.78 is 5.25. The molecular weight excluding hydrogens is 284 g/mol. The molecule has 0 spiro atoms. The number of hydrogen-bond donors (Lipinski definition) is 0. The van der Waals surface area contributed by atoms with E-state index >= 15 is 0 Å². The summed E-state index contributed by atoms with van der Waals surface area (Å²) >= 11 is 1.76. The van der Waals surface area contributed by atoms with Gasteiger partial charge in [-0.1, -0.05) is 11.6 Å². The van der Waals surface area contributed by atoms with Crippen LogP contribution in [0.1, 0.15) is 41.5 Å². The van der Waals surface area contributed by atoms with E-state index in [0.29, 0.717) is 11.8 Å². The first kappa shape index (κ1) is 13.4. The van der Waals surface area contributed by atoms with Crippen molar-refractivity contribution < 1.29 is 4.52 Å². The molecule has 1 saturated heterocycles. The molecule has 0 N–H and O–H groups in total. The predicted molar refractivity (Wildman–Crippen MR) is 80.2 cm³/mol. The summed E-state index contributed by atoms with van der Waals surface area (Å²) in [6.45, 7) is 7.18. The van der Waals surface area contributed by atoms with Crippen LogP contribution in [0.25, 0.3) is 0 Å². The van der Waals surface area contributed by atoms with Gasteiger partial charge in [0.15, 0.2) is 5.82 Å². The Morgan fingerprint density at radius 3 is 3.10 bits per heavy atom. The summed E-state index contributed by atoms with van der Waals surface area (Å²) in [6.07, 6.45) is 3.76. The van der Waals surface area contributed by atoms with Gasteiger partial charge >= 0.3 is 0 Å². The van der Waals surface area contributed by atoms with E-state index in [2.05, 4.69) is 26.9 Å². The van der Waals surface area contributed by atoms with Crippen molar-refractivity contribution in [3.05, 3.63) is 27.8 Å². The van der Waals surface area contributed by atoms with Crippen LogP contribution in [0.3, 0.4) is 0 Å². The Labute approximate surface area is 128 Å². The highest BCUT2D eigenvalue weighted by molar-refractivity contribution is 7.09. The minimum Gasteiger partial charge on any atom is -0.340 e. The van der Waals surface area contributed by atoms with Gasteiger partial charge in [0.25, 0.3) is 0 Å². The normalized spacial score (nSPS) is 29.1. The van der Waals surface area contributed by atoms with Crippen molar-refractivity contribution in [2.24, 2.45) is 5.92 Å². The van der Waals surface area contributed by atoms with Gasteiger partial charge in [-0.25, -0.2) is 4.98 Å². The van der Waals surface area contributed by atoms with Crippen LogP contribution in [0.2, 0.25) is 0 Å². The van der Waals surface area contributed by atoms with E-state index in [1.54, 1.807) is 11.3 Å². The lowest BCUT2D eigenvalue weighted by Crippen LogP contribution is -2.33. The average Bonchev–Trinajstić information content (AvgIpc) is 3.16. The molecule has 112 valence electrons. The summed E-state index contributed by atoms with van der Waals surface area (Å²) in [4.78, 5) is 12.9. The molecule has 4 rings (SSSR count). The molecule has 2 fully saturated rings. The maximum absolute atomic E-state index is 5.25. The Bertz CT molecular complexity index is 652. The van der Waals surface area contributed by atoms with E-state index in [-0.39, 0.29) is 5.41 Å². The van der Waals surface area contributed by atoms with Gasteiger partial charge in [-0.2, -0.15) is 4.98 Å². The van der Waals surface area contributed by atoms with Crippen molar-refractivity contribution in [3.8, 4) is 0 Å². The van der Waals surface area contributed by atoms with Crippen LogP contribution in [-0.2, 0) is 12.0 Å². The number of hydrogen-bond acceptors (Lipinski definition) is 6. The number of aryl methyl sites for hydroxylation is 2. The summed E-state index contributed by atoms with van der Waals surface area (Å²) in [6, 6.07) is 0. The Kier molecular flexibility index (Phi) is 3.11. The van der Waals surface area contributed by atoms with E-state index in [9.17, 15) is 0 Å². The van der Waals surface area contributed by atoms with Crippen molar-refractivity contribution in [2.75, 3.05) is 13.1 Å². The molecule has 6 heteroatoms. The molecule has 1 saturated carbocycles. The molecule has 21 heavy (non-hydrogen) atoms. The molecule has 1 aliphatic heterocycles. The third kappa shape index (κ3) is 2.12. The van der Waals surface area contributed by atoms with Crippen molar-refractivity contribution >= 4 is 11.3 Å². The standard InChI is InChI=1S/C15H20N4OS/c1-10-13(21-9-16-10)7-19-6-12-4-3-5-15(12,8-19)14-17-11(2)20-18-14/h9,12H,3-8H2,1-2H3/t12-,15-/m1/s1. The van der Waals surface area contributed by atoms with E-state index in [0.717, 1.165) is 25.5 Å². The molecule has 2 aliphatic rings. The molecule has 0 bridgehead atoms. The second kappa shape index (κ2) is 4.88. The minimum absolute atomic E-state index is 0.121. The van der Waals surface area contributed by atoms with Crippen molar-refractivity contribution in [3.63, 3.8) is 0 Å². The highest BCUT2D eigenvalue weighted by atomic mass is 32.1. The van der Waals surface area contributed by atoms with Gasteiger partial charge in [0, 0.05) is 31.4 Å². The fraction of sp³-hybridized carbons (Fsp3) is 0.667. The molecule has 5 nitrogen and oxygen atoms in total. The number of thiazole rings is 1. The fourth-order valence-corrected chi connectivity index (χ4v) is 4.88. The first-order valence-corrected chi connectivity index (χ1v) is 8.47. The number of nitrogens with zero attached hydrogens (tertiary/aromatic N) is 4. The number of aromatic nitrogens is 3. The predicted octanol–water partition coefficient (Wildman–Crippen LogP) is 2.70. The molecule has 2 aromatic rings. The van der Waals surface area contributed by atoms with E-state index in [1.165, 1.54) is 29.8 Å². The highest BCUT2D eigenvalue weighted by Crippen LogP contribution is 2.49. The quantitative estimate of drug-likeness (QED) is 0.872. The Balaban J connectivity index is 1.59. The first-order valence-electron chi connectivity index (χ1n) is 7.59. The van der Waals surface area contributed by atoms with Gasteiger partial charge in [-0.05, 0) is 25.7 Å². The van der Waals surface area contributed by atoms with Crippen LogP contribution < -0.4 is 0 Å². The SMILES string of the molecule is Cc1nc([C@@]23CCC[C@@H]2CN(Cc2scnc2C)C3)no1.